The molecule has 0 aliphatic heterocycles. The van der Waals surface area contributed by atoms with Gasteiger partial charge in [0.2, 0.25) is 0 Å². The SMILES string of the molecule is COc1cncc(C(N)CC#N)c1. The largest absolute Gasteiger partial charge is 0.495 e. The molecule has 0 amide bonds. The average Bonchev–Trinajstić information content (AvgIpc) is 2.18. The highest BCUT2D eigenvalue weighted by molar-refractivity contribution is 5.26. The van der Waals surface area contributed by atoms with Crippen LogP contribution in [0.15, 0.2) is 18.5 Å². The fraction of sp³-hybridized carbons (Fsp3) is 0.333. The van der Waals surface area contributed by atoms with Crippen molar-refractivity contribution in [2.24, 2.45) is 5.73 Å². The van der Waals surface area contributed by atoms with E-state index >= 15 is 0 Å². The Morgan fingerprint density at radius 3 is 3.08 bits per heavy atom. The highest BCUT2D eigenvalue weighted by Gasteiger charge is 2.06. The van der Waals surface area contributed by atoms with E-state index in [1.807, 2.05) is 6.07 Å². The second-order valence-electron chi connectivity index (χ2n) is 2.63. The molecular formula is C9H11N3O. The van der Waals surface area contributed by atoms with Crippen molar-refractivity contribution in [3.05, 3.63) is 24.0 Å². The molecule has 4 heteroatoms. The lowest BCUT2D eigenvalue weighted by atomic mass is 10.1. The monoisotopic (exact) mass is 177 g/mol. The van der Waals surface area contributed by atoms with Crippen LogP contribution in [0.5, 0.6) is 5.75 Å². The Bertz CT molecular complexity index is 319. The first-order valence-corrected chi connectivity index (χ1v) is 3.89. The van der Waals surface area contributed by atoms with Crippen molar-refractivity contribution in [3.63, 3.8) is 0 Å². The topological polar surface area (TPSA) is 71.9 Å². The quantitative estimate of drug-likeness (QED) is 0.747. The van der Waals surface area contributed by atoms with Crippen LogP contribution in [0.1, 0.15) is 18.0 Å². The Labute approximate surface area is 77.0 Å². The minimum absolute atomic E-state index is 0.285. The van der Waals surface area contributed by atoms with E-state index in [1.165, 1.54) is 0 Å². The summed E-state index contributed by atoms with van der Waals surface area (Å²) in [5, 5.41) is 8.44. The first-order valence-electron chi connectivity index (χ1n) is 3.89. The number of nitrogens with zero attached hydrogens (tertiary/aromatic N) is 2. The minimum Gasteiger partial charge on any atom is -0.495 e. The van der Waals surface area contributed by atoms with Crippen molar-refractivity contribution in [1.82, 2.24) is 4.98 Å². The summed E-state index contributed by atoms with van der Waals surface area (Å²) in [4.78, 5) is 3.94. The van der Waals surface area contributed by atoms with Gasteiger partial charge in [0.05, 0.1) is 25.8 Å². The van der Waals surface area contributed by atoms with Gasteiger partial charge in [-0.2, -0.15) is 5.26 Å². The summed E-state index contributed by atoms with van der Waals surface area (Å²) in [6.45, 7) is 0. The number of nitrogens with two attached hydrogens (primary N) is 1. The number of aromatic nitrogens is 1. The van der Waals surface area contributed by atoms with E-state index in [4.69, 9.17) is 15.7 Å². The fourth-order valence-corrected chi connectivity index (χ4v) is 0.966. The van der Waals surface area contributed by atoms with Gasteiger partial charge in [0.1, 0.15) is 5.75 Å². The zero-order valence-corrected chi connectivity index (χ0v) is 7.40. The number of rotatable bonds is 3. The third-order valence-corrected chi connectivity index (χ3v) is 1.71. The second kappa shape index (κ2) is 4.43. The van der Waals surface area contributed by atoms with Gasteiger partial charge in [-0.15, -0.1) is 0 Å². The van der Waals surface area contributed by atoms with Crippen molar-refractivity contribution < 1.29 is 4.74 Å². The molecule has 0 spiro atoms. The molecule has 0 aromatic carbocycles. The van der Waals surface area contributed by atoms with E-state index in [0.29, 0.717) is 5.75 Å². The molecule has 13 heavy (non-hydrogen) atoms. The maximum absolute atomic E-state index is 8.44. The Morgan fingerprint density at radius 2 is 2.46 bits per heavy atom. The maximum atomic E-state index is 8.44. The normalized spacial score (nSPS) is 11.8. The Morgan fingerprint density at radius 1 is 1.69 bits per heavy atom. The molecule has 0 saturated heterocycles. The highest BCUT2D eigenvalue weighted by Crippen LogP contribution is 2.17. The van der Waals surface area contributed by atoms with Crippen LogP contribution < -0.4 is 10.5 Å². The smallest absolute Gasteiger partial charge is 0.137 e. The molecule has 68 valence electrons. The molecule has 0 radical (unpaired) electrons. The summed E-state index contributed by atoms with van der Waals surface area (Å²) in [5.74, 6) is 0.658. The number of ether oxygens (including phenoxy) is 1. The molecule has 1 aromatic heterocycles. The van der Waals surface area contributed by atoms with Gasteiger partial charge in [0.15, 0.2) is 0 Å². The van der Waals surface area contributed by atoms with E-state index in [2.05, 4.69) is 4.98 Å². The molecule has 1 atom stereocenters. The first-order chi connectivity index (χ1) is 6.27. The summed E-state index contributed by atoms with van der Waals surface area (Å²) < 4.78 is 4.98. The molecule has 0 fully saturated rings. The van der Waals surface area contributed by atoms with Crippen LogP contribution in [-0.2, 0) is 0 Å². The molecule has 1 unspecified atom stereocenters. The van der Waals surface area contributed by atoms with Crippen LogP contribution in [-0.4, -0.2) is 12.1 Å². The van der Waals surface area contributed by atoms with Crippen molar-refractivity contribution in [1.29, 1.82) is 5.26 Å². The van der Waals surface area contributed by atoms with E-state index in [0.717, 1.165) is 5.56 Å². The Hall–Kier alpha value is -1.60. The molecular weight excluding hydrogens is 166 g/mol. The van der Waals surface area contributed by atoms with Crippen LogP contribution in [0, 0.1) is 11.3 Å². The molecule has 0 aliphatic rings. The Balaban J connectivity index is 2.83. The van der Waals surface area contributed by atoms with Gasteiger partial charge in [0, 0.05) is 12.2 Å². The zero-order chi connectivity index (χ0) is 9.68. The third-order valence-electron chi connectivity index (χ3n) is 1.71. The van der Waals surface area contributed by atoms with Crippen LogP contribution in [0.25, 0.3) is 0 Å². The van der Waals surface area contributed by atoms with E-state index in [1.54, 1.807) is 25.6 Å². The van der Waals surface area contributed by atoms with E-state index < -0.39 is 0 Å². The summed E-state index contributed by atoms with van der Waals surface area (Å²) >= 11 is 0. The summed E-state index contributed by atoms with van der Waals surface area (Å²) in [7, 11) is 1.57. The standard InChI is InChI=1S/C9H11N3O/c1-13-8-4-7(5-12-6-8)9(11)2-3-10/h4-6,9H,2,11H2,1H3. The van der Waals surface area contributed by atoms with Crippen molar-refractivity contribution in [2.45, 2.75) is 12.5 Å². The second-order valence-corrected chi connectivity index (χ2v) is 2.63. The molecule has 0 aliphatic carbocycles. The number of hydrogen-bond acceptors (Lipinski definition) is 4. The van der Waals surface area contributed by atoms with Gasteiger partial charge in [-0.05, 0) is 11.6 Å². The summed E-state index contributed by atoms with van der Waals surface area (Å²) in [5.41, 5.74) is 6.53. The lowest BCUT2D eigenvalue weighted by molar-refractivity contribution is 0.411. The van der Waals surface area contributed by atoms with E-state index in [-0.39, 0.29) is 12.5 Å². The average molecular weight is 177 g/mol. The van der Waals surface area contributed by atoms with Gasteiger partial charge in [0.25, 0.3) is 0 Å². The maximum Gasteiger partial charge on any atom is 0.137 e. The minimum atomic E-state index is -0.285. The van der Waals surface area contributed by atoms with Gasteiger partial charge in [-0.1, -0.05) is 0 Å². The molecule has 4 nitrogen and oxygen atoms in total. The van der Waals surface area contributed by atoms with Gasteiger partial charge < -0.3 is 10.5 Å². The molecule has 0 saturated carbocycles. The predicted molar refractivity (Wildman–Crippen MR) is 47.9 cm³/mol. The summed E-state index contributed by atoms with van der Waals surface area (Å²) in [6.07, 6.45) is 3.53. The predicted octanol–water partition coefficient (Wildman–Crippen LogP) is 1.00. The van der Waals surface area contributed by atoms with Crippen LogP contribution >= 0.6 is 0 Å². The number of nitriles is 1. The van der Waals surface area contributed by atoms with Crippen molar-refractivity contribution in [2.75, 3.05) is 7.11 Å². The van der Waals surface area contributed by atoms with Crippen molar-refractivity contribution in [3.8, 4) is 11.8 Å². The molecule has 1 aromatic rings. The lowest BCUT2D eigenvalue weighted by Gasteiger charge is -2.07. The van der Waals surface area contributed by atoms with Crippen LogP contribution in [0.3, 0.4) is 0 Å². The van der Waals surface area contributed by atoms with Gasteiger partial charge >= 0.3 is 0 Å². The molecule has 0 bridgehead atoms. The van der Waals surface area contributed by atoms with Gasteiger partial charge in [-0.25, -0.2) is 0 Å². The molecule has 1 heterocycles. The lowest BCUT2D eigenvalue weighted by Crippen LogP contribution is -2.09. The van der Waals surface area contributed by atoms with E-state index in [9.17, 15) is 0 Å². The number of hydrogen-bond donors (Lipinski definition) is 1. The van der Waals surface area contributed by atoms with Crippen LogP contribution in [0.2, 0.25) is 0 Å². The fourth-order valence-electron chi connectivity index (χ4n) is 0.966. The first kappa shape index (κ1) is 9.49. The number of pyridine rings is 1. The van der Waals surface area contributed by atoms with Gasteiger partial charge in [-0.3, -0.25) is 4.98 Å². The van der Waals surface area contributed by atoms with Crippen molar-refractivity contribution >= 4 is 0 Å². The third kappa shape index (κ3) is 2.42. The molecule has 1 rings (SSSR count). The summed E-state index contributed by atoms with van der Waals surface area (Å²) in [6, 6.07) is 3.51. The van der Waals surface area contributed by atoms with Crippen LogP contribution in [0.4, 0.5) is 0 Å². The highest BCUT2D eigenvalue weighted by atomic mass is 16.5. The molecule has 2 N–H and O–H groups in total. The zero-order valence-electron chi connectivity index (χ0n) is 7.40. The number of methoxy groups -OCH3 is 1. The Kier molecular flexibility index (Phi) is 3.23.